The Hall–Kier alpha value is -2.82. The monoisotopic (exact) mass is 326 g/mol. The van der Waals surface area contributed by atoms with Crippen LogP contribution < -0.4 is 0 Å². The van der Waals surface area contributed by atoms with Gasteiger partial charge in [0.2, 0.25) is 5.78 Å². The molecule has 24 heavy (non-hydrogen) atoms. The Morgan fingerprint density at radius 3 is 2.17 bits per heavy atom. The summed E-state index contributed by atoms with van der Waals surface area (Å²) in [6.45, 7) is 0. The lowest BCUT2D eigenvalue weighted by molar-refractivity contribution is -0.152. The molecule has 3 rings (SSSR count). The highest BCUT2D eigenvalue weighted by atomic mass is 19.1. The van der Waals surface area contributed by atoms with E-state index in [0.717, 1.165) is 7.11 Å². The quantitative estimate of drug-likeness (QED) is 0.481. The van der Waals surface area contributed by atoms with E-state index in [-0.39, 0.29) is 11.3 Å². The fraction of sp³-hybridized carbons (Fsp3) is 0.211. The fourth-order valence-corrected chi connectivity index (χ4v) is 3.13. The molecule has 2 aromatic rings. The summed E-state index contributed by atoms with van der Waals surface area (Å²) < 4.78 is 18.6. The van der Waals surface area contributed by atoms with Gasteiger partial charge in [-0.05, 0) is 11.6 Å². The minimum absolute atomic E-state index is 0.272. The molecule has 0 aliphatic heterocycles. The maximum atomic E-state index is 14.1. The Morgan fingerprint density at radius 2 is 1.54 bits per heavy atom. The van der Waals surface area contributed by atoms with Crippen LogP contribution in [0.25, 0.3) is 0 Å². The largest absolute Gasteiger partial charge is 0.463 e. The fourth-order valence-electron chi connectivity index (χ4n) is 3.13. The molecule has 0 spiro atoms. The highest BCUT2D eigenvalue weighted by Crippen LogP contribution is 2.56. The number of hydrogen-bond donors (Lipinski definition) is 0. The number of ketones is 2. The first-order valence-corrected chi connectivity index (χ1v) is 7.52. The second kappa shape index (κ2) is 6.35. The molecule has 1 fully saturated rings. The Kier molecular flexibility index (Phi) is 4.25. The Balaban J connectivity index is 1.96. The van der Waals surface area contributed by atoms with Gasteiger partial charge < -0.3 is 4.74 Å². The van der Waals surface area contributed by atoms with E-state index in [2.05, 4.69) is 4.74 Å². The molecule has 0 heterocycles. The molecule has 1 aliphatic carbocycles. The van der Waals surface area contributed by atoms with Crippen molar-refractivity contribution in [1.29, 1.82) is 0 Å². The lowest BCUT2D eigenvalue weighted by atomic mass is 10.0. The van der Waals surface area contributed by atoms with Gasteiger partial charge in [0.1, 0.15) is 5.82 Å². The number of carbonyl (C=O) groups is 3. The van der Waals surface area contributed by atoms with Gasteiger partial charge in [0.05, 0.1) is 7.11 Å². The van der Waals surface area contributed by atoms with Crippen LogP contribution in [0.5, 0.6) is 0 Å². The number of benzene rings is 2. The van der Waals surface area contributed by atoms with Crippen molar-refractivity contribution in [1.82, 2.24) is 0 Å². The van der Waals surface area contributed by atoms with Gasteiger partial charge in [0.15, 0.2) is 5.78 Å². The van der Waals surface area contributed by atoms with Crippen LogP contribution in [0.2, 0.25) is 0 Å². The molecule has 122 valence electrons. The van der Waals surface area contributed by atoms with E-state index in [1.54, 1.807) is 36.4 Å². The lowest BCUT2D eigenvalue weighted by Gasteiger charge is -2.02. The van der Waals surface area contributed by atoms with Crippen molar-refractivity contribution in [2.75, 3.05) is 7.11 Å². The zero-order valence-corrected chi connectivity index (χ0v) is 12.9. The predicted molar refractivity (Wildman–Crippen MR) is 83.9 cm³/mol. The minimum atomic E-state index is -1.01. The molecule has 0 N–H and O–H groups in total. The van der Waals surface area contributed by atoms with E-state index in [4.69, 9.17) is 0 Å². The normalized spacial score (nSPS) is 21.8. The average molecular weight is 326 g/mol. The van der Waals surface area contributed by atoms with Crippen molar-refractivity contribution in [3.05, 3.63) is 71.5 Å². The van der Waals surface area contributed by atoms with Crippen LogP contribution in [-0.4, -0.2) is 24.6 Å². The topological polar surface area (TPSA) is 60.4 Å². The van der Waals surface area contributed by atoms with E-state index in [0.29, 0.717) is 5.56 Å². The highest BCUT2D eigenvalue weighted by Gasteiger charge is 2.61. The van der Waals surface area contributed by atoms with E-state index < -0.39 is 35.3 Å². The molecule has 0 unspecified atom stereocenters. The van der Waals surface area contributed by atoms with Gasteiger partial charge in [-0.2, -0.15) is 0 Å². The third-order valence-corrected chi connectivity index (χ3v) is 4.33. The number of methoxy groups -OCH3 is 1. The predicted octanol–water partition coefficient (Wildman–Crippen LogP) is 2.78. The molecular weight excluding hydrogens is 311 g/mol. The zero-order chi connectivity index (χ0) is 17.3. The smallest absolute Gasteiger partial charge is 0.374 e. The third-order valence-electron chi connectivity index (χ3n) is 4.33. The molecule has 0 aromatic heterocycles. The summed E-state index contributed by atoms with van der Waals surface area (Å²) in [7, 11) is 1.11. The maximum Gasteiger partial charge on any atom is 0.374 e. The van der Waals surface area contributed by atoms with Crippen LogP contribution in [0.1, 0.15) is 21.8 Å². The zero-order valence-electron chi connectivity index (χ0n) is 12.9. The highest BCUT2D eigenvalue weighted by molar-refractivity contribution is 6.36. The first-order chi connectivity index (χ1) is 11.6. The van der Waals surface area contributed by atoms with Gasteiger partial charge in [-0.1, -0.05) is 48.5 Å². The van der Waals surface area contributed by atoms with Crippen molar-refractivity contribution < 1.29 is 23.5 Å². The summed E-state index contributed by atoms with van der Waals surface area (Å²) >= 11 is 0. The number of Topliss-reactive ketones (excluding diaryl/α,β-unsaturated/α-hetero) is 2. The van der Waals surface area contributed by atoms with E-state index >= 15 is 0 Å². The molecule has 5 heteroatoms. The van der Waals surface area contributed by atoms with Crippen LogP contribution in [0, 0.1) is 17.7 Å². The molecule has 0 saturated heterocycles. The summed E-state index contributed by atoms with van der Waals surface area (Å²) in [5.41, 5.74) is 0.707. The Bertz CT molecular complexity index is 800. The summed E-state index contributed by atoms with van der Waals surface area (Å²) in [5, 5.41) is 0. The molecule has 0 bridgehead atoms. The number of esters is 1. The first-order valence-electron chi connectivity index (χ1n) is 7.52. The van der Waals surface area contributed by atoms with Crippen LogP contribution in [0.15, 0.2) is 54.6 Å². The van der Waals surface area contributed by atoms with Crippen LogP contribution in [0.4, 0.5) is 4.39 Å². The number of ether oxygens (including phenoxy) is 1. The van der Waals surface area contributed by atoms with Crippen LogP contribution in [-0.2, 0) is 14.3 Å². The van der Waals surface area contributed by atoms with E-state index in [1.165, 1.54) is 18.2 Å². The lowest BCUT2D eigenvalue weighted by Crippen LogP contribution is -2.20. The molecule has 0 amide bonds. The molecule has 0 radical (unpaired) electrons. The molecule has 1 aliphatic rings. The standard InChI is InChI=1S/C19H15FO4/c1-24-19(23)18(22)16-14(12-9-5-6-10-13(12)20)15(16)17(21)11-7-3-2-4-8-11/h2-10,14-16H,1H3/t14-,15-,16+/m1/s1. The second-order valence-corrected chi connectivity index (χ2v) is 5.68. The summed E-state index contributed by atoms with van der Waals surface area (Å²) in [5.74, 6) is -4.85. The van der Waals surface area contributed by atoms with Gasteiger partial charge >= 0.3 is 5.97 Å². The average Bonchev–Trinajstić information content (AvgIpc) is 3.36. The number of halogens is 1. The van der Waals surface area contributed by atoms with E-state index in [9.17, 15) is 18.8 Å². The van der Waals surface area contributed by atoms with Gasteiger partial charge in [0, 0.05) is 23.3 Å². The van der Waals surface area contributed by atoms with Crippen LogP contribution >= 0.6 is 0 Å². The molecule has 1 saturated carbocycles. The summed E-state index contributed by atoms with van der Waals surface area (Å²) in [6.07, 6.45) is 0. The van der Waals surface area contributed by atoms with Gasteiger partial charge in [-0.3, -0.25) is 9.59 Å². The van der Waals surface area contributed by atoms with Crippen molar-refractivity contribution in [2.45, 2.75) is 5.92 Å². The van der Waals surface area contributed by atoms with Crippen molar-refractivity contribution >= 4 is 17.5 Å². The molecule has 2 aromatic carbocycles. The van der Waals surface area contributed by atoms with Crippen molar-refractivity contribution in [2.24, 2.45) is 11.8 Å². The number of carbonyl (C=O) groups excluding carboxylic acids is 3. The Labute approximate surface area is 138 Å². The number of rotatable bonds is 5. The van der Waals surface area contributed by atoms with Crippen molar-refractivity contribution in [3.8, 4) is 0 Å². The molecule has 3 atom stereocenters. The van der Waals surface area contributed by atoms with Crippen molar-refractivity contribution in [3.63, 3.8) is 0 Å². The third kappa shape index (κ3) is 2.73. The SMILES string of the molecule is COC(=O)C(=O)[C@@H]1[C@H](C(=O)c2ccccc2)[C@H]1c1ccccc1F. The summed E-state index contributed by atoms with van der Waals surface area (Å²) in [4.78, 5) is 36.5. The molecular formula is C19H15FO4. The number of hydrogen-bond acceptors (Lipinski definition) is 4. The molecule has 4 nitrogen and oxygen atoms in total. The first kappa shape index (κ1) is 16.1. The van der Waals surface area contributed by atoms with Gasteiger partial charge in [-0.15, -0.1) is 0 Å². The van der Waals surface area contributed by atoms with Gasteiger partial charge in [0.25, 0.3) is 0 Å². The second-order valence-electron chi connectivity index (χ2n) is 5.68. The minimum Gasteiger partial charge on any atom is -0.463 e. The van der Waals surface area contributed by atoms with E-state index in [1.807, 2.05) is 0 Å². The van der Waals surface area contributed by atoms with Crippen LogP contribution in [0.3, 0.4) is 0 Å². The van der Waals surface area contributed by atoms with Gasteiger partial charge in [-0.25, -0.2) is 9.18 Å². The maximum absolute atomic E-state index is 14.1. The Morgan fingerprint density at radius 1 is 0.917 bits per heavy atom. The summed E-state index contributed by atoms with van der Waals surface area (Å²) in [6, 6.07) is 14.5.